The smallest absolute Gasteiger partial charge is 0.370 e. The van der Waals surface area contributed by atoms with Gasteiger partial charge in [-0.15, -0.1) is 0 Å². The van der Waals surface area contributed by atoms with Crippen molar-refractivity contribution in [2.24, 2.45) is 0 Å². The Morgan fingerprint density at radius 2 is 2.07 bits per heavy atom. The summed E-state index contributed by atoms with van der Waals surface area (Å²) in [5.74, 6) is 0.188. The summed E-state index contributed by atoms with van der Waals surface area (Å²) in [6.45, 7) is 2.26. The standard InChI is InChI=1S/C18H19ClF3N5O2/c19-15-5-13(18(20,21)22)2-1-12(15)10-29-14-8-27(9-14)17(28)26-4-3-11(7-26)16-6-23-25-24-16/h1-2,5-6,11,14H,3-4,7-10H2,(H,23,24,25)/t11-/m0/s1. The van der Waals surface area contributed by atoms with Gasteiger partial charge in [0.2, 0.25) is 0 Å². The highest BCUT2D eigenvalue weighted by Gasteiger charge is 2.37. The number of benzene rings is 1. The molecule has 0 radical (unpaired) electrons. The molecule has 0 saturated carbocycles. The average Bonchev–Trinajstić information content (AvgIpc) is 3.31. The van der Waals surface area contributed by atoms with Crippen LogP contribution in [-0.4, -0.2) is 63.5 Å². The first kappa shape index (κ1) is 20.0. The van der Waals surface area contributed by atoms with Gasteiger partial charge in [0.1, 0.15) is 0 Å². The van der Waals surface area contributed by atoms with E-state index in [4.69, 9.17) is 16.3 Å². The number of rotatable bonds is 4. The zero-order valence-electron chi connectivity index (χ0n) is 15.3. The van der Waals surface area contributed by atoms with Crippen LogP contribution in [0.3, 0.4) is 0 Å². The highest BCUT2D eigenvalue weighted by molar-refractivity contribution is 6.31. The number of amides is 2. The van der Waals surface area contributed by atoms with Crippen molar-refractivity contribution >= 4 is 17.6 Å². The summed E-state index contributed by atoms with van der Waals surface area (Å²) >= 11 is 5.94. The number of alkyl halides is 3. The molecule has 2 amide bonds. The van der Waals surface area contributed by atoms with E-state index in [0.29, 0.717) is 31.7 Å². The van der Waals surface area contributed by atoms with Gasteiger partial charge in [-0.25, -0.2) is 4.79 Å². The lowest BCUT2D eigenvalue weighted by Gasteiger charge is -2.40. The van der Waals surface area contributed by atoms with Crippen LogP contribution in [0.1, 0.15) is 29.2 Å². The Morgan fingerprint density at radius 1 is 1.28 bits per heavy atom. The summed E-state index contributed by atoms with van der Waals surface area (Å²) in [6.07, 6.45) is -2.07. The third kappa shape index (κ3) is 4.32. The number of H-pyrrole nitrogens is 1. The van der Waals surface area contributed by atoms with Crippen molar-refractivity contribution in [3.63, 3.8) is 0 Å². The number of nitrogens with one attached hydrogen (secondary N) is 1. The lowest BCUT2D eigenvalue weighted by molar-refractivity contribution is -0.137. The Labute approximate surface area is 169 Å². The predicted octanol–water partition coefficient (Wildman–Crippen LogP) is 3.29. The molecule has 7 nitrogen and oxygen atoms in total. The molecule has 1 aromatic carbocycles. The first-order valence-corrected chi connectivity index (χ1v) is 9.56. The Balaban J connectivity index is 1.23. The molecule has 2 saturated heterocycles. The molecule has 29 heavy (non-hydrogen) atoms. The average molecular weight is 430 g/mol. The first-order valence-electron chi connectivity index (χ1n) is 9.18. The van der Waals surface area contributed by atoms with Gasteiger partial charge in [-0.2, -0.15) is 28.6 Å². The van der Waals surface area contributed by atoms with Crippen molar-refractivity contribution in [1.82, 2.24) is 25.2 Å². The molecule has 3 heterocycles. The maximum atomic E-state index is 12.7. The fraction of sp³-hybridized carbons (Fsp3) is 0.500. The van der Waals surface area contributed by atoms with Crippen LogP contribution in [0.15, 0.2) is 24.4 Å². The van der Waals surface area contributed by atoms with Gasteiger partial charge >= 0.3 is 12.2 Å². The van der Waals surface area contributed by atoms with E-state index in [-0.39, 0.29) is 29.7 Å². The molecule has 0 bridgehead atoms. The number of ether oxygens (including phenoxy) is 1. The highest BCUT2D eigenvalue weighted by atomic mass is 35.5. The fourth-order valence-electron chi connectivity index (χ4n) is 3.53. The number of carbonyl (C=O) groups is 1. The molecule has 2 aliphatic rings. The Hall–Kier alpha value is -2.33. The molecule has 0 aliphatic carbocycles. The van der Waals surface area contributed by atoms with Gasteiger partial charge in [0.05, 0.1) is 43.3 Å². The molecule has 2 fully saturated rings. The molecule has 11 heteroatoms. The maximum Gasteiger partial charge on any atom is 0.416 e. The molecular formula is C18H19ClF3N5O2. The Bertz CT molecular complexity index is 871. The lowest BCUT2D eigenvalue weighted by atomic mass is 10.1. The normalized spacial score (nSPS) is 20.2. The van der Waals surface area contributed by atoms with Crippen molar-refractivity contribution in [1.29, 1.82) is 0 Å². The topological polar surface area (TPSA) is 74.3 Å². The zero-order valence-corrected chi connectivity index (χ0v) is 16.1. The van der Waals surface area contributed by atoms with E-state index >= 15 is 0 Å². The molecule has 1 N–H and O–H groups in total. The molecule has 2 aromatic rings. The quantitative estimate of drug-likeness (QED) is 0.809. The summed E-state index contributed by atoms with van der Waals surface area (Å²) in [6, 6.07) is 3.17. The number of halogens is 4. The number of likely N-dealkylation sites (tertiary alicyclic amines) is 2. The zero-order chi connectivity index (χ0) is 20.6. The second-order valence-electron chi connectivity index (χ2n) is 7.25. The minimum atomic E-state index is -4.43. The van der Waals surface area contributed by atoms with Crippen molar-refractivity contribution in [2.45, 2.75) is 31.2 Å². The van der Waals surface area contributed by atoms with Crippen LogP contribution >= 0.6 is 11.6 Å². The van der Waals surface area contributed by atoms with Crippen molar-refractivity contribution in [3.05, 3.63) is 46.2 Å². The summed E-state index contributed by atoms with van der Waals surface area (Å²) in [7, 11) is 0. The van der Waals surface area contributed by atoms with Gasteiger partial charge in [0, 0.05) is 24.0 Å². The van der Waals surface area contributed by atoms with Gasteiger partial charge in [-0.3, -0.25) is 0 Å². The van der Waals surface area contributed by atoms with Crippen LogP contribution in [0.4, 0.5) is 18.0 Å². The van der Waals surface area contributed by atoms with Crippen LogP contribution in [0.25, 0.3) is 0 Å². The van der Waals surface area contributed by atoms with Crippen LogP contribution in [0, 0.1) is 0 Å². The molecular weight excluding hydrogens is 411 g/mol. The van der Waals surface area contributed by atoms with Gasteiger partial charge in [0.15, 0.2) is 0 Å². The molecule has 0 unspecified atom stereocenters. The summed E-state index contributed by atoms with van der Waals surface area (Å²) < 4.78 is 43.8. The van der Waals surface area contributed by atoms with Crippen LogP contribution in [0.5, 0.6) is 0 Å². The number of aromatic nitrogens is 3. The predicted molar refractivity (Wildman–Crippen MR) is 97.3 cm³/mol. The van der Waals surface area contributed by atoms with Gasteiger partial charge in [-0.1, -0.05) is 17.7 Å². The van der Waals surface area contributed by atoms with Gasteiger partial charge in [0.25, 0.3) is 0 Å². The first-order chi connectivity index (χ1) is 13.8. The SMILES string of the molecule is O=C(N1CC(OCc2ccc(C(F)(F)F)cc2Cl)C1)N1CC[C@H](c2cn[nH]n2)C1. The third-order valence-corrected chi connectivity index (χ3v) is 5.64. The summed E-state index contributed by atoms with van der Waals surface area (Å²) in [4.78, 5) is 16.1. The van der Waals surface area contributed by atoms with E-state index in [1.54, 1.807) is 16.0 Å². The van der Waals surface area contributed by atoms with Crippen molar-refractivity contribution in [3.8, 4) is 0 Å². The highest BCUT2D eigenvalue weighted by Crippen LogP contribution is 2.32. The summed E-state index contributed by atoms with van der Waals surface area (Å²) in [5.41, 5.74) is 0.555. The van der Waals surface area contributed by atoms with Crippen LogP contribution in [-0.2, 0) is 17.5 Å². The van der Waals surface area contributed by atoms with Crippen LogP contribution in [0.2, 0.25) is 5.02 Å². The lowest BCUT2D eigenvalue weighted by Crippen LogP contribution is -2.58. The maximum absolute atomic E-state index is 12.7. The number of hydrogen-bond acceptors (Lipinski definition) is 4. The van der Waals surface area contributed by atoms with E-state index in [1.807, 2.05) is 0 Å². The van der Waals surface area contributed by atoms with E-state index in [1.165, 1.54) is 6.07 Å². The number of nitrogens with zero attached hydrogens (tertiary/aromatic N) is 4. The molecule has 0 spiro atoms. The Morgan fingerprint density at radius 3 is 2.72 bits per heavy atom. The monoisotopic (exact) mass is 429 g/mol. The van der Waals surface area contributed by atoms with E-state index in [9.17, 15) is 18.0 Å². The Kier molecular flexibility index (Phi) is 5.39. The molecule has 156 valence electrons. The molecule has 1 atom stereocenters. The van der Waals surface area contributed by atoms with Crippen molar-refractivity contribution < 1.29 is 22.7 Å². The molecule has 2 aliphatic heterocycles. The second-order valence-corrected chi connectivity index (χ2v) is 7.66. The number of aromatic amines is 1. The largest absolute Gasteiger partial charge is 0.416 e. The van der Waals surface area contributed by atoms with Crippen molar-refractivity contribution in [2.75, 3.05) is 26.2 Å². The fourth-order valence-corrected chi connectivity index (χ4v) is 3.77. The minimum absolute atomic E-state index is 0.0167. The number of hydrogen-bond donors (Lipinski definition) is 1. The second kappa shape index (κ2) is 7.83. The van der Waals surface area contributed by atoms with Gasteiger partial charge in [-0.05, 0) is 24.1 Å². The van der Waals surface area contributed by atoms with Crippen LogP contribution < -0.4 is 0 Å². The van der Waals surface area contributed by atoms with Gasteiger partial charge < -0.3 is 14.5 Å². The van der Waals surface area contributed by atoms with E-state index in [2.05, 4.69) is 15.4 Å². The number of carbonyl (C=O) groups excluding carboxylic acids is 1. The third-order valence-electron chi connectivity index (χ3n) is 5.28. The minimum Gasteiger partial charge on any atom is -0.370 e. The molecule has 4 rings (SSSR count). The van der Waals surface area contributed by atoms with E-state index < -0.39 is 11.7 Å². The summed E-state index contributed by atoms with van der Waals surface area (Å²) in [5, 5.41) is 10.5. The molecule has 1 aromatic heterocycles. The number of urea groups is 1. The van der Waals surface area contributed by atoms with E-state index in [0.717, 1.165) is 24.2 Å².